The van der Waals surface area contributed by atoms with Gasteiger partial charge in [-0.15, -0.1) is 0 Å². The SMILES string of the molecule is CC1(C)OB(O)c2cc(NC(=O)c3cccc(Cl)c3F)ccc21. The van der Waals surface area contributed by atoms with Gasteiger partial charge in [-0.2, -0.15) is 0 Å². The van der Waals surface area contributed by atoms with Gasteiger partial charge in [0.15, 0.2) is 5.82 Å². The number of anilines is 1. The lowest BCUT2D eigenvalue weighted by Crippen LogP contribution is -2.29. The summed E-state index contributed by atoms with van der Waals surface area (Å²) in [5.74, 6) is -1.38. The van der Waals surface area contributed by atoms with E-state index >= 15 is 0 Å². The van der Waals surface area contributed by atoms with Crippen LogP contribution in [0.4, 0.5) is 10.1 Å². The molecule has 0 atom stereocenters. The number of carbonyl (C=O) groups is 1. The molecule has 2 aromatic carbocycles. The topological polar surface area (TPSA) is 58.6 Å². The summed E-state index contributed by atoms with van der Waals surface area (Å²) in [5.41, 5.74) is 1.12. The molecule has 118 valence electrons. The molecule has 1 amide bonds. The third-order valence-corrected chi connectivity index (χ3v) is 4.12. The molecule has 1 aliphatic heterocycles. The highest BCUT2D eigenvalue weighted by atomic mass is 35.5. The molecule has 1 heterocycles. The molecule has 2 N–H and O–H groups in total. The zero-order valence-corrected chi connectivity index (χ0v) is 13.3. The minimum Gasteiger partial charge on any atom is -0.423 e. The van der Waals surface area contributed by atoms with E-state index in [0.29, 0.717) is 11.2 Å². The quantitative estimate of drug-likeness (QED) is 0.831. The van der Waals surface area contributed by atoms with Crippen LogP contribution in [0.1, 0.15) is 29.8 Å². The number of fused-ring (bicyclic) bond motifs is 1. The van der Waals surface area contributed by atoms with Crippen LogP contribution in [-0.2, 0) is 10.3 Å². The van der Waals surface area contributed by atoms with Crippen LogP contribution < -0.4 is 10.8 Å². The Bertz CT molecular complexity index is 797. The van der Waals surface area contributed by atoms with Crippen molar-refractivity contribution >= 4 is 35.8 Å². The van der Waals surface area contributed by atoms with Crippen molar-refractivity contribution in [2.75, 3.05) is 5.32 Å². The molecule has 0 saturated heterocycles. The Kier molecular flexibility index (Phi) is 3.92. The maximum atomic E-state index is 13.9. The predicted molar refractivity (Wildman–Crippen MR) is 87.5 cm³/mol. The van der Waals surface area contributed by atoms with E-state index in [1.807, 2.05) is 13.8 Å². The Morgan fingerprint density at radius 3 is 2.83 bits per heavy atom. The van der Waals surface area contributed by atoms with Gasteiger partial charge in [-0.25, -0.2) is 4.39 Å². The number of hydrogen-bond donors (Lipinski definition) is 2. The molecule has 0 radical (unpaired) electrons. The lowest BCUT2D eigenvalue weighted by Gasteiger charge is -2.19. The summed E-state index contributed by atoms with van der Waals surface area (Å²) in [6.07, 6.45) is 0. The van der Waals surface area contributed by atoms with E-state index in [1.165, 1.54) is 18.2 Å². The van der Waals surface area contributed by atoms with Crippen LogP contribution >= 0.6 is 11.6 Å². The maximum absolute atomic E-state index is 13.9. The molecule has 23 heavy (non-hydrogen) atoms. The summed E-state index contributed by atoms with van der Waals surface area (Å²) in [6, 6.07) is 9.31. The first kappa shape index (κ1) is 16.0. The molecule has 0 aromatic heterocycles. The van der Waals surface area contributed by atoms with Gasteiger partial charge in [0.1, 0.15) is 0 Å². The Labute approximate surface area is 138 Å². The van der Waals surface area contributed by atoms with E-state index in [1.54, 1.807) is 18.2 Å². The summed E-state index contributed by atoms with van der Waals surface area (Å²) in [4.78, 5) is 12.2. The Hall–Kier alpha value is -1.89. The third kappa shape index (κ3) is 2.85. The van der Waals surface area contributed by atoms with E-state index in [9.17, 15) is 14.2 Å². The van der Waals surface area contributed by atoms with Crippen molar-refractivity contribution in [1.82, 2.24) is 0 Å². The van der Waals surface area contributed by atoms with Crippen LogP contribution in [0.15, 0.2) is 36.4 Å². The Morgan fingerprint density at radius 1 is 1.35 bits per heavy atom. The van der Waals surface area contributed by atoms with Gasteiger partial charge in [0.25, 0.3) is 5.91 Å². The van der Waals surface area contributed by atoms with Crippen LogP contribution in [0.25, 0.3) is 0 Å². The van der Waals surface area contributed by atoms with Gasteiger partial charge < -0.3 is 15.0 Å². The first-order valence-corrected chi connectivity index (χ1v) is 7.43. The highest BCUT2D eigenvalue weighted by Crippen LogP contribution is 2.30. The van der Waals surface area contributed by atoms with Crippen LogP contribution in [0.3, 0.4) is 0 Å². The van der Waals surface area contributed by atoms with Gasteiger partial charge in [0.2, 0.25) is 0 Å². The Morgan fingerprint density at radius 2 is 2.09 bits per heavy atom. The number of hydrogen-bond acceptors (Lipinski definition) is 3. The lowest BCUT2D eigenvalue weighted by molar-refractivity contribution is 0.100. The van der Waals surface area contributed by atoms with Crippen LogP contribution in [0.2, 0.25) is 5.02 Å². The van der Waals surface area contributed by atoms with Crippen molar-refractivity contribution in [3.05, 3.63) is 58.4 Å². The molecule has 0 spiro atoms. The zero-order valence-electron chi connectivity index (χ0n) is 12.6. The van der Waals surface area contributed by atoms with Crippen LogP contribution in [0, 0.1) is 5.82 Å². The number of amides is 1. The second kappa shape index (κ2) is 5.63. The number of nitrogens with one attached hydrogen (secondary N) is 1. The van der Waals surface area contributed by atoms with E-state index in [2.05, 4.69) is 5.32 Å². The fraction of sp³-hybridized carbons (Fsp3) is 0.188. The summed E-state index contributed by atoms with van der Waals surface area (Å²) in [7, 11) is -1.06. The normalized spacial score (nSPS) is 15.4. The number of carbonyl (C=O) groups excluding carboxylic acids is 1. The second-order valence-corrected chi connectivity index (χ2v) is 6.25. The van der Waals surface area contributed by atoms with Gasteiger partial charge in [-0.3, -0.25) is 4.79 Å². The van der Waals surface area contributed by atoms with Gasteiger partial charge in [-0.1, -0.05) is 23.7 Å². The molecular weight excluding hydrogens is 319 g/mol. The van der Waals surface area contributed by atoms with Gasteiger partial charge in [-0.05, 0) is 49.1 Å². The lowest BCUT2D eigenvalue weighted by atomic mass is 9.78. The average Bonchev–Trinajstić information content (AvgIpc) is 2.71. The summed E-state index contributed by atoms with van der Waals surface area (Å²) in [6.45, 7) is 3.70. The van der Waals surface area contributed by atoms with Crippen molar-refractivity contribution in [3.8, 4) is 0 Å². The minimum absolute atomic E-state index is 0.114. The molecule has 2 aromatic rings. The fourth-order valence-electron chi connectivity index (χ4n) is 2.68. The molecular formula is C16H14BClFNO3. The van der Waals surface area contributed by atoms with Crippen molar-refractivity contribution in [3.63, 3.8) is 0 Å². The fourth-order valence-corrected chi connectivity index (χ4v) is 2.85. The first-order valence-electron chi connectivity index (χ1n) is 7.05. The Balaban J connectivity index is 1.89. The molecule has 0 bridgehead atoms. The smallest absolute Gasteiger partial charge is 0.423 e. The largest absolute Gasteiger partial charge is 0.492 e. The van der Waals surface area contributed by atoms with Crippen LogP contribution in [-0.4, -0.2) is 18.0 Å². The van der Waals surface area contributed by atoms with Gasteiger partial charge in [0, 0.05) is 5.69 Å². The van der Waals surface area contributed by atoms with Gasteiger partial charge >= 0.3 is 7.12 Å². The molecule has 0 unspecified atom stereocenters. The average molecular weight is 334 g/mol. The highest BCUT2D eigenvalue weighted by Gasteiger charge is 2.40. The van der Waals surface area contributed by atoms with E-state index in [0.717, 1.165) is 5.56 Å². The second-order valence-electron chi connectivity index (χ2n) is 5.84. The molecule has 7 heteroatoms. The van der Waals surface area contributed by atoms with E-state index in [-0.39, 0.29) is 10.6 Å². The maximum Gasteiger partial charge on any atom is 0.492 e. The van der Waals surface area contributed by atoms with Crippen LogP contribution in [0.5, 0.6) is 0 Å². The summed E-state index contributed by atoms with van der Waals surface area (Å²) < 4.78 is 19.3. The first-order chi connectivity index (χ1) is 10.8. The zero-order chi connectivity index (χ0) is 16.8. The molecule has 0 fully saturated rings. The van der Waals surface area contributed by atoms with Crippen molar-refractivity contribution < 1.29 is 18.9 Å². The van der Waals surface area contributed by atoms with Gasteiger partial charge in [0.05, 0.1) is 16.2 Å². The van der Waals surface area contributed by atoms with E-state index in [4.69, 9.17) is 16.3 Å². The number of rotatable bonds is 2. The summed E-state index contributed by atoms with van der Waals surface area (Å²) in [5, 5.41) is 12.4. The molecule has 3 rings (SSSR count). The van der Waals surface area contributed by atoms with Crippen molar-refractivity contribution in [2.45, 2.75) is 19.4 Å². The van der Waals surface area contributed by atoms with E-state index < -0.39 is 24.4 Å². The third-order valence-electron chi connectivity index (χ3n) is 3.83. The molecule has 0 aliphatic carbocycles. The molecule has 1 aliphatic rings. The highest BCUT2D eigenvalue weighted by molar-refractivity contribution is 6.62. The summed E-state index contributed by atoms with van der Waals surface area (Å²) >= 11 is 5.68. The minimum atomic E-state index is -1.06. The monoisotopic (exact) mass is 333 g/mol. The number of benzene rings is 2. The van der Waals surface area contributed by atoms with Crippen molar-refractivity contribution in [1.29, 1.82) is 0 Å². The van der Waals surface area contributed by atoms with Crippen molar-refractivity contribution in [2.24, 2.45) is 0 Å². The standard InChI is InChI=1S/C16H14BClFNO3/c1-16(2)11-7-6-9(8-12(11)17(22)23-16)20-15(21)10-4-3-5-13(18)14(10)19/h3-8,22H,1-2H3,(H,20,21). The molecule has 0 saturated carbocycles. The predicted octanol–water partition coefficient (Wildman–Crippen LogP) is 2.68. The number of halogens is 2. The molecule has 4 nitrogen and oxygen atoms in total.